The fraction of sp³-hybridized carbons (Fsp3) is 1.00. The van der Waals surface area contributed by atoms with Crippen LogP contribution in [0.4, 0.5) is 0 Å². The monoisotopic (exact) mass is 198 g/mol. The number of hydrogen-bond donors (Lipinski definition) is 2. The van der Waals surface area contributed by atoms with Crippen LogP contribution in [0, 0.1) is 11.8 Å². The van der Waals surface area contributed by atoms with E-state index in [2.05, 4.69) is 12.2 Å². The molecule has 1 aliphatic rings. The first kappa shape index (κ1) is 12.0. The molecule has 1 unspecified atom stereocenters. The average molecular weight is 198 g/mol. The molecule has 1 atom stereocenters. The summed E-state index contributed by atoms with van der Waals surface area (Å²) in [6, 6.07) is 0. The highest BCUT2D eigenvalue weighted by atomic mass is 14.9. The number of nitrogens with one attached hydrogen (secondary N) is 1. The van der Waals surface area contributed by atoms with Crippen molar-refractivity contribution in [1.29, 1.82) is 0 Å². The first-order valence-electron chi connectivity index (χ1n) is 6.27. The van der Waals surface area contributed by atoms with Gasteiger partial charge in [0.15, 0.2) is 0 Å². The molecule has 0 radical (unpaired) electrons. The summed E-state index contributed by atoms with van der Waals surface area (Å²) in [4.78, 5) is 0. The Morgan fingerprint density at radius 1 is 1.43 bits per heavy atom. The van der Waals surface area contributed by atoms with Crippen LogP contribution < -0.4 is 11.1 Å². The van der Waals surface area contributed by atoms with E-state index in [1.165, 1.54) is 45.1 Å². The second-order valence-corrected chi connectivity index (χ2v) is 4.68. The lowest BCUT2D eigenvalue weighted by atomic mass is 10.0. The van der Waals surface area contributed by atoms with Gasteiger partial charge < -0.3 is 11.1 Å². The molecule has 0 spiro atoms. The summed E-state index contributed by atoms with van der Waals surface area (Å²) in [5.41, 5.74) is 5.69. The molecule has 0 aromatic rings. The molecular weight excluding hydrogens is 172 g/mol. The molecule has 0 aliphatic heterocycles. The minimum absolute atomic E-state index is 0.695. The van der Waals surface area contributed by atoms with Gasteiger partial charge in [0, 0.05) is 0 Å². The molecule has 2 nitrogen and oxygen atoms in total. The second kappa shape index (κ2) is 7.24. The molecule has 84 valence electrons. The highest BCUT2D eigenvalue weighted by molar-refractivity contribution is 4.73. The molecule has 1 rings (SSSR count). The van der Waals surface area contributed by atoms with Gasteiger partial charge in [0.2, 0.25) is 0 Å². The van der Waals surface area contributed by atoms with Crippen LogP contribution in [-0.4, -0.2) is 19.6 Å². The normalized spacial score (nSPS) is 18.4. The summed E-state index contributed by atoms with van der Waals surface area (Å²) in [6.07, 6.45) is 8.29. The number of rotatable bonds is 9. The van der Waals surface area contributed by atoms with Gasteiger partial charge in [-0.05, 0) is 50.7 Å². The zero-order valence-corrected chi connectivity index (χ0v) is 9.60. The van der Waals surface area contributed by atoms with Gasteiger partial charge >= 0.3 is 0 Å². The molecule has 14 heavy (non-hydrogen) atoms. The van der Waals surface area contributed by atoms with Crippen molar-refractivity contribution in [1.82, 2.24) is 5.32 Å². The lowest BCUT2D eigenvalue weighted by molar-refractivity contribution is 0.443. The topological polar surface area (TPSA) is 38.0 Å². The van der Waals surface area contributed by atoms with Gasteiger partial charge in [0.25, 0.3) is 0 Å². The molecular formula is C12H26N2. The van der Waals surface area contributed by atoms with E-state index in [1.54, 1.807) is 0 Å². The minimum Gasteiger partial charge on any atom is -0.330 e. The molecule has 2 heteroatoms. The number of nitrogens with two attached hydrogens (primary N) is 1. The summed E-state index contributed by atoms with van der Waals surface area (Å²) < 4.78 is 0. The summed E-state index contributed by atoms with van der Waals surface area (Å²) in [6.45, 7) is 5.38. The Morgan fingerprint density at radius 2 is 2.21 bits per heavy atom. The van der Waals surface area contributed by atoms with Crippen LogP contribution in [0.3, 0.4) is 0 Å². The zero-order chi connectivity index (χ0) is 10.2. The maximum Gasteiger partial charge on any atom is -0.000846 e. The second-order valence-electron chi connectivity index (χ2n) is 4.68. The van der Waals surface area contributed by atoms with Gasteiger partial charge in [0.1, 0.15) is 0 Å². The molecule has 1 aliphatic carbocycles. The van der Waals surface area contributed by atoms with Gasteiger partial charge in [0.05, 0.1) is 0 Å². The summed E-state index contributed by atoms with van der Waals surface area (Å²) in [5, 5.41) is 3.52. The number of hydrogen-bond acceptors (Lipinski definition) is 2. The maximum atomic E-state index is 5.69. The predicted molar refractivity (Wildman–Crippen MR) is 62.3 cm³/mol. The van der Waals surface area contributed by atoms with Crippen LogP contribution in [-0.2, 0) is 0 Å². The molecule has 0 aromatic heterocycles. The standard InChI is InChI=1S/C12H26N2/c1-2-4-12(9-13)10-14-8-3-5-11-6-7-11/h11-12,14H,2-10,13H2,1H3. The van der Waals surface area contributed by atoms with E-state index in [9.17, 15) is 0 Å². The molecule has 0 aromatic carbocycles. The van der Waals surface area contributed by atoms with E-state index in [-0.39, 0.29) is 0 Å². The molecule has 1 saturated carbocycles. The van der Waals surface area contributed by atoms with Crippen molar-refractivity contribution in [2.45, 2.75) is 45.4 Å². The average Bonchev–Trinajstić information content (AvgIpc) is 2.99. The summed E-state index contributed by atoms with van der Waals surface area (Å²) in [5.74, 6) is 1.78. The Bertz CT molecular complexity index is 132. The Kier molecular flexibility index (Phi) is 6.20. The highest BCUT2D eigenvalue weighted by Crippen LogP contribution is 2.33. The van der Waals surface area contributed by atoms with Crippen molar-refractivity contribution in [3.63, 3.8) is 0 Å². The third-order valence-electron chi connectivity index (χ3n) is 3.13. The molecule has 1 fully saturated rings. The molecule has 0 bridgehead atoms. The van der Waals surface area contributed by atoms with Gasteiger partial charge in [-0.25, -0.2) is 0 Å². The minimum atomic E-state index is 0.695. The Morgan fingerprint density at radius 3 is 2.79 bits per heavy atom. The lowest BCUT2D eigenvalue weighted by Crippen LogP contribution is -2.28. The highest BCUT2D eigenvalue weighted by Gasteiger charge is 2.19. The van der Waals surface area contributed by atoms with Gasteiger partial charge in [-0.2, -0.15) is 0 Å². The van der Waals surface area contributed by atoms with Gasteiger partial charge in [-0.3, -0.25) is 0 Å². The Balaban J connectivity index is 1.84. The van der Waals surface area contributed by atoms with E-state index in [0.717, 1.165) is 19.0 Å². The first-order chi connectivity index (χ1) is 6.86. The largest absolute Gasteiger partial charge is 0.330 e. The SMILES string of the molecule is CCCC(CN)CNCCCC1CC1. The van der Waals surface area contributed by atoms with Crippen LogP contribution >= 0.6 is 0 Å². The molecule has 0 heterocycles. The fourth-order valence-electron chi connectivity index (χ4n) is 1.94. The van der Waals surface area contributed by atoms with Crippen molar-refractivity contribution in [3.05, 3.63) is 0 Å². The van der Waals surface area contributed by atoms with Crippen LogP contribution in [0.1, 0.15) is 45.4 Å². The van der Waals surface area contributed by atoms with Crippen molar-refractivity contribution in [3.8, 4) is 0 Å². The summed E-state index contributed by atoms with van der Waals surface area (Å²) >= 11 is 0. The van der Waals surface area contributed by atoms with Crippen LogP contribution in [0.15, 0.2) is 0 Å². The van der Waals surface area contributed by atoms with Crippen LogP contribution in [0.25, 0.3) is 0 Å². The van der Waals surface area contributed by atoms with Gasteiger partial charge in [-0.1, -0.05) is 26.2 Å². The van der Waals surface area contributed by atoms with E-state index in [4.69, 9.17) is 5.73 Å². The van der Waals surface area contributed by atoms with E-state index >= 15 is 0 Å². The molecule has 3 N–H and O–H groups in total. The third-order valence-corrected chi connectivity index (χ3v) is 3.13. The van der Waals surface area contributed by atoms with Crippen molar-refractivity contribution < 1.29 is 0 Å². The van der Waals surface area contributed by atoms with Crippen molar-refractivity contribution in [2.75, 3.05) is 19.6 Å². The maximum absolute atomic E-state index is 5.69. The van der Waals surface area contributed by atoms with E-state index < -0.39 is 0 Å². The van der Waals surface area contributed by atoms with E-state index in [1.807, 2.05) is 0 Å². The molecule has 0 amide bonds. The Labute approximate surface area is 88.6 Å². The summed E-state index contributed by atoms with van der Waals surface area (Å²) in [7, 11) is 0. The third kappa shape index (κ3) is 5.61. The zero-order valence-electron chi connectivity index (χ0n) is 9.60. The van der Waals surface area contributed by atoms with Gasteiger partial charge in [-0.15, -0.1) is 0 Å². The molecule has 0 saturated heterocycles. The van der Waals surface area contributed by atoms with Crippen LogP contribution in [0.5, 0.6) is 0 Å². The fourth-order valence-corrected chi connectivity index (χ4v) is 1.94. The smallest absolute Gasteiger partial charge is 0.000846 e. The first-order valence-corrected chi connectivity index (χ1v) is 6.27. The van der Waals surface area contributed by atoms with Crippen molar-refractivity contribution >= 4 is 0 Å². The lowest BCUT2D eigenvalue weighted by Gasteiger charge is -2.14. The van der Waals surface area contributed by atoms with E-state index in [0.29, 0.717) is 5.92 Å². The van der Waals surface area contributed by atoms with Crippen molar-refractivity contribution in [2.24, 2.45) is 17.6 Å². The van der Waals surface area contributed by atoms with Crippen LogP contribution in [0.2, 0.25) is 0 Å². The predicted octanol–water partition coefficient (Wildman–Crippen LogP) is 2.14. The quantitative estimate of drug-likeness (QED) is 0.557. The Hall–Kier alpha value is -0.0800.